The Morgan fingerprint density at radius 3 is 1.95 bits per heavy atom. The Kier molecular flexibility index (Phi) is 4.20. The zero-order valence-electron chi connectivity index (χ0n) is 13.1. The van der Waals surface area contributed by atoms with Crippen LogP contribution in [0.5, 0.6) is 5.75 Å². The van der Waals surface area contributed by atoms with Crippen LogP contribution >= 0.6 is 0 Å². The SMILES string of the molecule is CC(C)(C)c1ccc(C(N)C(=O)O)c(C(C)(C)C)c1O. The fraction of sp³-hybridized carbons (Fsp3) is 0.562. The van der Waals surface area contributed by atoms with E-state index >= 15 is 0 Å². The van der Waals surface area contributed by atoms with Crippen LogP contribution in [0.2, 0.25) is 0 Å². The number of benzene rings is 1. The molecule has 1 aromatic rings. The highest BCUT2D eigenvalue weighted by molar-refractivity contribution is 5.76. The number of carboxylic acid groups (broad SMARTS) is 1. The number of phenols is 1. The van der Waals surface area contributed by atoms with Crippen molar-refractivity contribution >= 4 is 5.97 Å². The predicted octanol–water partition coefficient (Wildman–Crippen LogP) is 3.07. The highest BCUT2D eigenvalue weighted by atomic mass is 16.4. The van der Waals surface area contributed by atoms with Gasteiger partial charge in [-0.2, -0.15) is 0 Å². The van der Waals surface area contributed by atoms with Crippen LogP contribution in [0.4, 0.5) is 0 Å². The summed E-state index contributed by atoms with van der Waals surface area (Å²) in [6.45, 7) is 11.8. The predicted molar refractivity (Wildman–Crippen MR) is 80.1 cm³/mol. The summed E-state index contributed by atoms with van der Waals surface area (Å²) < 4.78 is 0. The molecule has 0 aromatic heterocycles. The molecule has 0 fully saturated rings. The summed E-state index contributed by atoms with van der Waals surface area (Å²) in [5, 5.41) is 19.8. The van der Waals surface area contributed by atoms with Crippen molar-refractivity contribution in [1.29, 1.82) is 0 Å². The minimum Gasteiger partial charge on any atom is -0.507 e. The normalized spacial score (nSPS) is 14.2. The van der Waals surface area contributed by atoms with Gasteiger partial charge in [0.15, 0.2) is 0 Å². The average Bonchev–Trinajstić information content (AvgIpc) is 2.23. The largest absolute Gasteiger partial charge is 0.507 e. The van der Waals surface area contributed by atoms with Gasteiger partial charge in [-0.25, -0.2) is 0 Å². The average molecular weight is 279 g/mol. The molecule has 4 heteroatoms. The van der Waals surface area contributed by atoms with Crippen molar-refractivity contribution in [1.82, 2.24) is 0 Å². The van der Waals surface area contributed by atoms with Crippen molar-refractivity contribution < 1.29 is 15.0 Å². The molecule has 0 saturated heterocycles. The topological polar surface area (TPSA) is 83.6 Å². The summed E-state index contributed by atoms with van der Waals surface area (Å²) in [7, 11) is 0. The van der Waals surface area contributed by atoms with Crippen LogP contribution in [0.1, 0.15) is 64.3 Å². The van der Waals surface area contributed by atoms with Gasteiger partial charge in [-0.05, 0) is 22.0 Å². The number of carboxylic acids is 1. The van der Waals surface area contributed by atoms with Gasteiger partial charge in [0.2, 0.25) is 0 Å². The first-order valence-electron chi connectivity index (χ1n) is 6.72. The second-order valence-corrected chi connectivity index (χ2v) is 7.24. The molecule has 0 aliphatic rings. The molecule has 1 aromatic carbocycles. The van der Waals surface area contributed by atoms with Gasteiger partial charge in [-0.3, -0.25) is 4.79 Å². The van der Waals surface area contributed by atoms with E-state index in [1.807, 2.05) is 41.5 Å². The lowest BCUT2D eigenvalue weighted by Crippen LogP contribution is -2.27. The Balaban J connectivity index is 3.66. The van der Waals surface area contributed by atoms with E-state index in [1.54, 1.807) is 12.1 Å². The standard InChI is InChI=1S/C16H25NO3/c1-15(2,3)10-8-7-9(12(17)14(19)20)11(13(10)18)16(4,5)6/h7-8,12,18H,17H2,1-6H3,(H,19,20). The smallest absolute Gasteiger partial charge is 0.325 e. The molecule has 1 rings (SSSR count). The summed E-state index contributed by atoms with van der Waals surface area (Å²) in [4.78, 5) is 11.2. The van der Waals surface area contributed by atoms with Crippen LogP contribution < -0.4 is 5.73 Å². The van der Waals surface area contributed by atoms with E-state index in [2.05, 4.69) is 0 Å². The summed E-state index contributed by atoms with van der Waals surface area (Å²) in [5.74, 6) is -0.947. The number of hydrogen-bond acceptors (Lipinski definition) is 3. The van der Waals surface area contributed by atoms with E-state index in [-0.39, 0.29) is 11.2 Å². The molecule has 20 heavy (non-hydrogen) atoms. The number of hydrogen-bond donors (Lipinski definition) is 3. The van der Waals surface area contributed by atoms with E-state index in [9.17, 15) is 9.90 Å². The van der Waals surface area contributed by atoms with Crippen molar-refractivity contribution in [2.75, 3.05) is 0 Å². The summed E-state index contributed by atoms with van der Waals surface area (Å²) >= 11 is 0. The molecular formula is C16H25NO3. The Morgan fingerprint density at radius 1 is 1.10 bits per heavy atom. The van der Waals surface area contributed by atoms with Gasteiger partial charge in [0.1, 0.15) is 11.8 Å². The summed E-state index contributed by atoms with van der Waals surface area (Å²) in [6, 6.07) is 2.35. The zero-order chi connectivity index (χ0) is 15.9. The molecule has 1 unspecified atom stereocenters. The van der Waals surface area contributed by atoms with Crippen molar-refractivity contribution in [2.24, 2.45) is 5.73 Å². The highest BCUT2D eigenvalue weighted by Crippen LogP contribution is 2.42. The Hall–Kier alpha value is -1.55. The minimum absolute atomic E-state index is 0.152. The van der Waals surface area contributed by atoms with Gasteiger partial charge in [0, 0.05) is 5.56 Å². The zero-order valence-corrected chi connectivity index (χ0v) is 13.1. The third-order valence-corrected chi connectivity index (χ3v) is 3.37. The van der Waals surface area contributed by atoms with Crippen LogP contribution in [-0.2, 0) is 15.6 Å². The monoisotopic (exact) mass is 279 g/mol. The molecule has 4 N–H and O–H groups in total. The van der Waals surface area contributed by atoms with Gasteiger partial charge in [0.05, 0.1) is 0 Å². The quantitative estimate of drug-likeness (QED) is 0.777. The number of aromatic hydroxyl groups is 1. The molecule has 1 atom stereocenters. The van der Waals surface area contributed by atoms with Gasteiger partial charge in [-0.1, -0.05) is 53.7 Å². The molecule has 0 heterocycles. The van der Waals surface area contributed by atoms with Crippen LogP contribution in [0.25, 0.3) is 0 Å². The first-order chi connectivity index (χ1) is 8.87. The minimum atomic E-state index is -1.14. The number of aliphatic carboxylic acids is 1. The molecule has 0 aliphatic carbocycles. The van der Waals surface area contributed by atoms with Crippen LogP contribution in [0.3, 0.4) is 0 Å². The number of carbonyl (C=O) groups is 1. The maximum absolute atomic E-state index is 11.2. The Morgan fingerprint density at radius 2 is 1.60 bits per heavy atom. The van der Waals surface area contributed by atoms with Gasteiger partial charge >= 0.3 is 5.97 Å². The third kappa shape index (κ3) is 3.12. The lowest BCUT2D eigenvalue weighted by molar-refractivity contribution is -0.138. The Labute approximate surface area is 120 Å². The molecule has 0 bridgehead atoms. The fourth-order valence-electron chi connectivity index (χ4n) is 2.39. The van der Waals surface area contributed by atoms with Crippen molar-refractivity contribution in [3.05, 3.63) is 28.8 Å². The van der Waals surface area contributed by atoms with Gasteiger partial charge in [-0.15, -0.1) is 0 Å². The maximum atomic E-state index is 11.2. The number of phenolic OH excluding ortho intramolecular Hbond substituents is 1. The third-order valence-electron chi connectivity index (χ3n) is 3.37. The molecule has 112 valence electrons. The number of nitrogens with two attached hydrogens (primary N) is 1. The highest BCUT2D eigenvalue weighted by Gasteiger charge is 2.31. The Bertz CT molecular complexity index is 522. The first kappa shape index (κ1) is 16.5. The van der Waals surface area contributed by atoms with E-state index in [4.69, 9.17) is 10.8 Å². The van der Waals surface area contributed by atoms with Crippen molar-refractivity contribution in [3.63, 3.8) is 0 Å². The second-order valence-electron chi connectivity index (χ2n) is 7.24. The van der Waals surface area contributed by atoms with E-state index in [1.165, 1.54) is 0 Å². The lowest BCUT2D eigenvalue weighted by Gasteiger charge is -2.30. The molecule has 0 spiro atoms. The summed E-state index contributed by atoms with van der Waals surface area (Å²) in [6.07, 6.45) is 0. The maximum Gasteiger partial charge on any atom is 0.325 e. The van der Waals surface area contributed by atoms with Gasteiger partial charge in [0.25, 0.3) is 0 Å². The molecular weight excluding hydrogens is 254 g/mol. The van der Waals surface area contributed by atoms with Crippen LogP contribution in [0.15, 0.2) is 12.1 Å². The molecule has 0 radical (unpaired) electrons. The fourth-order valence-corrected chi connectivity index (χ4v) is 2.39. The lowest BCUT2D eigenvalue weighted by atomic mass is 9.76. The van der Waals surface area contributed by atoms with E-state index < -0.39 is 17.4 Å². The number of rotatable bonds is 2. The van der Waals surface area contributed by atoms with Crippen molar-refractivity contribution in [2.45, 2.75) is 58.4 Å². The second kappa shape index (κ2) is 5.09. The summed E-state index contributed by atoms with van der Waals surface area (Å²) in [5.41, 5.74) is 7.01. The molecule has 4 nitrogen and oxygen atoms in total. The van der Waals surface area contributed by atoms with E-state index in [0.29, 0.717) is 11.1 Å². The molecule has 0 amide bonds. The van der Waals surface area contributed by atoms with Crippen molar-refractivity contribution in [3.8, 4) is 5.75 Å². The van der Waals surface area contributed by atoms with E-state index in [0.717, 1.165) is 5.56 Å². The van der Waals surface area contributed by atoms with Crippen LogP contribution in [-0.4, -0.2) is 16.2 Å². The van der Waals surface area contributed by atoms with Crippen LogP contribution in [0, 0.1) is 0 Å². The first-order valence-corrected chi connectivity index (χ1v) is 6.72. The van der Waals surface area contributed by atoms with Gasteiger partial charge < -0.3 is 15.9 Å². The molecule has 0 aliphatic heterocycles. The molecule has 0 saturated carbocycles.